The Labute approximate surface area is 181 Å². The average Bonchev–Trinajstić information content (AvgIpc) is 3.24. The minimum absolute atomic E-state index is 0.0498. The van der Waals surface area contributed by atoms with Crippen LogP contribution in [-0.2, 0) is 12.7 Å². The number of carbonyl (C=O) groups is 1. The number of alkyl halides is 3. The number of hydrogen-bond donors (Lipinski definition) is 1. The number of fused-ring (bicyclic) bond motifs is 1. The van der Waals surface area contributed by atoms with E-state index in [0.29, 0.717) is 22.4 Å². The Balaban J connectivity index is 1.64. The molecule has 3 heterocycles. The fourth-order valence-electron chi connectivity index (χ4n) is 3.57. The molecule has 1 aromatic carbocycles. The zero-order valence-corrected chi connectivity index (χ0v) is 17.9. The summed E-state index contributed by atoms with van der Waals surface area (Å²) in [7, 11) is 0. The number of amides is 1. The molecule has 4 rings (SSSR count). The van der Waals surface area contributed by atoms with Crippen LogP contribution >= 0.6 is 0 Å². The van der Waals surface area contributed by atoms with Crippen LogP contribution in [0.15, 0.2) is 36.4 Å². The Hall–Kier alpha value is -3.69. The molecule has 0 bridgehead atoms. The smallest absolute Gasteiger partial charge is 0.317 e. The maximum atomic E-state index is 13.4. The van der Waals surface area contributed by atoms with Gasteiger partial charge in [0.2, 0.25) is 0 Å². The van der Waals surface area contributed by atoms with Crippen LogP contribution in [0.25, 0.3) is 5.65 Å². The molecule has 10 heteroatoms. The van der Waals surface area contributed by atoms with Gasteiger partial charge in [-0.3, -0.25) is 9.48 Å². The lowest BCUT2D eigenvalue weighted by Crippen LogP contribution is -2.16. The number of carbonyl (C=O) groups excluding carboxylic acids is 1. The third-order valence-electron chi connectivity index (χ3n) is 5.28. The molecule has 7 nitrogen and oxygen atoms in total. The van der Waals surface area contributed by atoms with Crippen molar-refractivity contribution in [2.75, 3.05) is 5.32 Å². The van der Waals surface area contributed by atoms with Crippen molar-refractivity contribution < 1.29 is 18.0 Å². The van der Waals surface area contributed by atoms with Gasteiger partial charge in [0, 0.05) is 11.8 Å². The normalized spacial score (nSPS) is 11.8. The van der Waals surface area contributed by atoms with Crippen molar-refractivity contribution in [2.24, 2.45) is 0 Å². The Bertz CT molecular complexity index is 1340. The second kappa shape index (κ2) is 7.77. The van der Waals surface area contributed by atoms with E-state index in [1.54, 1.807) is 11.6 Å². The molecular formula is C22H21F3N6O. The van der Waals surface area contributed by atoms with Crippen LogP contribution in [0, 0.1) is 27.7 Å². The number of anilines is 1. The molecular weight excluding hydrogens is 421 g/mol. The van der Waals surface area contributed by atoms with Gasteiger partial charge in [-0.05, 0) is 44.9 Å². The van der Waals surface area contributed by atoms with Gasteiger partial charge < -0.3 is 5.32 Å². The van der Waals surface area contributed by atoms with Crippen molar-refractivity contribution in [1.82, 2.24) is 24.4 Å². The van der Waals surface area contributed by atoms with Crippen molar-refractivity contribution in [3.63, 3.8) is 0 Å². The molecule has 0 radical (unpaired) electrons. The minimum atomic E-state index is -4.63. The lowest BCUT2D eigenvalue weighted by atomic mass is 10.1. The number of hydrogen-bond acceptors (Lipinski definition) is 4. The van der Waals surface area contributed by atoms with E-state index in [9.17, 15) is 18.0 Å². The standard InChI is InChI=1S/C22H21F3N6O/c1-12-7-5-6-8-16(12)11-30-15(4)20(14(3)28-30)27-21(32)17-10-19-26-13(2)9-18(22(23,24)25)31(19)29-17/h5-10H,11H2,1-4H3,(H,27,32). The third-order valence-corrected chi connectivity index (χ3v) is 5.28. The van der Waals surface area contributed by atoms with Gasteiger partial charge in [-0.25, -0.2) is 9.50 Å². The highest BCUT2D eigenvalue weighted by Crippen LogP contribution is 2.30. The molecule has 1 amide bonds. The van der Waals surface area contributed by atoms with Gasteiger partial charge in [-0.1, -0.05) is 24.3 Å². The summed E-state index contributed by atoms with van der Waals surface area (Å²) in [4.78, 5) is 16.9. The van der Waals surface area contributed by atoms with Crippen molar-refractivity contribution in [2.45, 2.75) is 40.4 Å². The Kier molecular flexibility index (Phi) is 5.23. The lowest BCUT2D eigenvalue weighted by Gasteiger charge is -2.09. The number of benzene rings is 1. The molecule has 0 spiro atoms. The van der Waals surface area contributed by atoms with Crippen molar-refractivity contribution >= 4 is 17.2 Å². The number of halogens is 3. The van der Waals surface area contributed by atoms with E-state index in [0.717, 1.165) is 22.9 Å². The largest absolute Gasteiger partial charge is 0.433 e. The summed E-state index contributed by atoms with van der Waals surface area (Å²) in [6.07, 6.45) is -4.63. The first-order valence-electron chi connectivity index (χ1n) is 9.89. The van der Waals surface area contributed by atoms with Crippen LogP contribution in [0.1, 0.15) is 44.4 Å². The molecule has 0 fully saturated rings. The Morgan fingerprint density at radius 1 is 1.06 bits per heavy atom. The van der Waals surface area contributed by atoms with Crippen molar-refractivity contribution in [3.8, 4) is 0 Å². The summed E-state index contributed by atoms with van der Waals surface area (Å²) in [6.45, 7) is 7.58. The van der Waals surface area contributed by atoms with Gasteiger partial charge in [-0.15, -0.1) is 0 Å². The molecule has 0 saturated carbocycles. The first-order valence-corrected chi connectivity index (χ1v) is 9.89. The SMILES string of the molecule is Cc1cc(C(F)(F)F)n2nc(C(=O)Nc3c(C)nn(Cc4ccccc4C)c3C)cc2n1. The zero-order valence-electron chi connectivity index (χ0n) is 17.9. The zero-order chi connectivity index (χ0) is 23.2. The Morgan fingerprint density at radius 3 is 2.47 bits per heavy atom. The molecule has 166 valence electrons. The summed E-state index contributed by atoms with van der Waals surface area (Å²) in [5, 5.41) is 11.1. The number of rotatable bonds is 4. The second-order valence-corrected chi connectivity index (χ2v) is 7.66. The van der Waals surface area contributed by atoms with Crippen molar-refractivity contribution in [3.05, 3.63) is 76.0 Å². The van der Waals surface area contributed by atoms with E-state index in [-0.39, 0.29) is 17.0 Å². The van der Waals surface area contributed by atoms with Crippen LogP contribution in [0.2, 0.25) is 0 Å². The number of aryl methyl sites for hydroxylation is 3. The van der Waals surface area contributed by atoms with Gasteiger partial charge in [-0.2, -0.15) is 23.4 Å². The number of aromatic nitrogens is 5. The number of nitrogens with zero attached hydrogens (tertiary/aromatic N) is 5. The number of nitrogens with one attached hydrogen (secondary N) is 1. The maximum Gasteiger partial charge on any atom is 0.433 e. The fraction of sp³-hybridized carbons (Fsp3) is 0.273. The van der Waals surface area contributed by atoms with Gasteiger partial charge in [0.15, 0.2) is 11.3 Å². The summed E-state index contributed by atoms with van der Waals surface area (Å²) in [5.74, 6) is -0.636. The quantitative estimate of drug-likeness (QED) is 0.506. The van der Waals surface area contributed by atoms with Crippen LogP contribution in [-0.4, -0.2) is 30.3 Å². The summed E-state index contributed by atoms with van der Waals surface area (Å²) >= 11 is 0. The van der Waals surface area contributed by atoms with Gasteiger partial charge in [0.1, 0.15) is 5.69 Å². The average molecular weight is 442 g/mol. The second-order valence-electron chi connectivity index (χ2n) is 7.66. The monoisotopic (exact) mass is 442 g/mol. The summed E-state index contributed by atoms with van der Waals surface area (Å²) < 4.78 is 42.5. The predicted octanol–water partition coefficient (Wildman–Crippen LogP) is 4.48. The van der Waals surface area contributed by atoms with E-state index in [2.05, 4.69) is 20.5 Å². The van der Waals surface area contributed by atoms with E-state index in [1.807, 2.05) is 38.1 Å². The van der Waals surface area contributed by atoms with E-state index < -0.39 is 17.8 Å². The topological polar surface area (TPSA) is 77.1 Å². The fourth-order valence-corrected chi connectivity index (χ4v) is 3.57. The highest BCUT2D eigenvalue weighted by atomic mass is 19.4. The predicted molar refractivity (Wildman–Crippen MR) is 113 cm³/mol. The van der Waals surface area contributed by atoms with Crippen LogP contribution in [0.3, 0.4) is 0 Å². The first kappa shape index (κ1) is 21.5. The molecule has 32 heavy (non-hydrogen) atoms. The first-order chi connectivity index (χ1) is 15.0. The maximum absolute atomic E-state index is 13.4. The molecule has 3 aromatic heterocycles. The molecule has 0 unspecified atom stereocenters. The van der Waals surface area contributed by atoms with Gasteiger partial charge in [0.25, 0.3) is 5.91 Å². The molecule has 0 aliphatic rings. The molecule has 0 aliphatic heterocycles. The van der Waals surface area contributed by atoms with E-state index in [4.69, 9.17) is 0 Å². The van der Waals surface area contributed by atoms with E-state index in [1.165, 1.54) is 13.0 Å². The molecule has 1 N–H and O–H groups in total. The molecule has 0 saturated heterocycles. The van der Waals surface area contributed by atoms with Crippen LogP contribution in [0.5, 0.6) is 0 Å². The summed E-state index contributed by atoms with van der Waals surface area (Å²) in [5.41, 5.74) is 3.02. The minimum Gasteiger partial charge on any atom is -0.317 e. The van der Waals surface area contributed by atoms with Gasteiger partial charge in [0.05, 0.1) is 23.6 Å². The Morgan fingerprint density at radius 2 is 1.78 bits per heavy atom. The lowest BCUT2D eigenvalue weighted by molar-refractivity contribution is -0.142. The third kappa shape index (κ3) is 3.95. The van der Waals surface area contributed by atoms with Crippen LogP contribution in [0.4, 0.5) is 18.9 Å². The van der Waals surface area contributed by atoms with Gasteiger partial charge >= 0.3 is 6.18 Å². The van der Waals surface area contributed by atoms with Crippen LogP contribution < -0.4 is 5.32 Å². The highest BCUT2D eigenvalue weighted by Gasteiger charge is 2.35. The summed E-state index contributed by atoms with van der Waals surface area (Å²) in [6, 6.07) is 10.1. The molecule has 0 atom stereocenters. The molecule has 0 aliphatic carbocycles. The molecule has 4 aromatic rings. The van der Waals surface area contributed by atoms with Crippen molar-refractivity contribution in [1.29, 1.82) is 0 Å². The highest BCUT2D eigenvalue weighted by molar-refractivity contribution is 6.04. The van der Waals surface area contributed by atoms with E-state index >= 15 is 0 Å².